The number of rotatable bonds is 5. The Kier molecular flexibility index (Phi) is 8.28. The lowest BCUT2D eigenvalue weighted by atomic mass is 10.2. The number of nitrogens with two attached hydrogens (primary N) is 3. The highest BCUT2D eigenvalue weighted by Gasteiger charge is 2.09. The monoisotopic (exact) mass is 273 g/mol. The van der Waals surface area contributed by atoms with Crippen molar-refractivity contribution in [3.8, 4) is 0 Å². The van der Waals surface area contributed by atoms with Crippen molar-refractivity contribution >= 4 is 19.8 Å². The van der Waals surface area contributed by atoms with Gasteiger partial charge in [0.05, 0.1) is 1.37 Å². The average Bonchev–Trinajstić information content (AvgIpc) is 2.09. The lowest BCUT2D eigenvalue weighted by Gasteiger charge is -2.03. The normalized spacial score (nSPS) is 14.7. The Balaban J connectivity index is 0. The summed E-state index contributed by atoms with van der Waals surface area (Å²) in [5.74, 6) is -1.26. The Morgan fingerprint density at radius 3 is 2.12 bits per heavy atom. The minimum Gasteiger partial charge on any atom is -0.480 e. The number of carboxylic acids is 1. The SMILES string of the molecule is O=P(O)(O)O.[2H]C(CC[C@H](N)C(=O)O)N=C(N)N. The molecule has 0 aliphatic carbocycles. The summed E-state index contributed by atoms with van der Waals surface area (Å²) in [4.78, 5) is 35.3. The van der Waals surface area contributed by atoms with Crippen LogP contribution < -0.4 is 17.2 Å². The van der Waals surface area contributed by atoms with Crippen molar-refractivity contribution in [2.24, 2.45) is 22.2 Å². The van der Waals surface area contributed by atoms with Crippen LogP contribution in [-0.4, -0.2) is 44.3 Å². The molecule has 0 fully saturated rings. The molecule has 0 aliphatic heterocycles. The molecule has 0 rings (SSSR count). The lowest BCUT2D eigenvalue weighted by molar-refractivity contribution is -0.138. The first-order chi connectivity index (χ1) is 7.93. The molecule has 0 saturated carbocycles. The summed E-state index contributed by atoms with van der Waals surface area (Å²) < 4.78 is 16.1. The number of carboxylic acid groups (broad SMARTS) is 1. The molecule has 0 radical (unpaired) electrons. The predicted molar refractivity (Wildman–Crippen MR) is 59.8 cm³/mol. The van der Waals surface area contributed by atoms with E-state index in [-0.39, 0.29) is 18.8 Å². The van der Waals surface area contributed by atoms with Gasteiger partial charge in [0.15, 0.2) is 5.96 Å². The fraction of sp³-hybridized carbons (Fsp3) is 0.667. The number of aliphatic imine (C=N–C) groups is 1. The zero-order valence-electron chi connectivity index (χ0n) is 9.80. The highest BCUT2D eigenvalue weighted by molar-refractivity contribution is 7.45. The molecule has 102 valence electrons. The number of carbonyl (C=O) groups is 1. The summed E-state index contributed by atoms with van der Waals surface area (Å²) in [5.41, 5.74) is 15.2. The molecule has 0 bridgehead atoms. The first-order valence-electron chi connectivity index (χ1n) is 4.79. The summed E-state index contributed by atoms with van der Waals surface area (Å²) in [7, 11) is -4.64. The molecule has 17 heavy (non-hydrogen) atoms. The second-order valence-corrected chi connectivity index (χ2v) is 3.80. The minimum atomic E-state index is -4.64. The van der Waals surface area contributed by atoms with E-state index in [4.69, 9.17) is 42.9 Å². The third-order valence-corrected chi connectivity index (χ3v) is 1.16. The fourth-order valence-electron chi connectivity index (χ4n) is 0.548. The van der Waals surface area contributed by atoms with Crippen LogP contribution in [0.1, 0.15) is 14.2 Å². The maximum absolute atomic E-state index is 10.3. The average molecular weight is 273 g/mol. The van der Waals surface area contributed by atoms with E-state index in [1.807, 2.05) is 0 Å². The van der Waals surface area contributed by atoms with Crippen LogP contribution in [0.3, 0.4) is 0 Å². The topological polar surface area (TPSA) is 205 Å². The van der Waals surface area contributed by atoms with Gasteiger partial charge in [-0.25, -0.2) is 4.57 Å². The first kappa shape index (κ1) is 15.8. The van der Waals surface area contributed by atoms with Gasteiger partial charge in [-0.3, -0.25) is 9.79 Å². The fourth-order valence-corrected chi connectivity index (χ4v) is 0.548. The molecule has 10 nitrogen and oxygen atoms in total. The Morgan fingerprint density at radius 2 is 1.82 bits per heavy atom. The van der Waals surface area contributed by atoms with Crippen LogP contribution in [0.5, 0.6) is 0 Å². The van der Waals surface area contributed by atoms with E-state index >= 15 is 0 Å². The van der Waals surface area contributed by atoms with E-state index in [0.29, 0.717) is 0 Å². The summed E-state index contributed by atoms with van der Waals surface area (Å²) in [6.45, 7) is -0.838. The van der Waals surface area contributed by atoms with Crippen LogP contribution in [0.15, 0.2) is 4.99 Å². The predicted octanol–water partition coefficient (Wildman–Crippen LogP) is -2.48. The molecule has 0 aromatic heterocycles. The number of hydrogen-bond acceptors (Lipinski definition) is 4. The Bertz CT molecular complexity index is 322. The van der Waals surface area contributed by atoms with Gasteiger partial charge in [0.2, 0.25) is 0 Å². The van der Waals surface area contributed by atoms with Crippen molar-refractivity contribution in [1.82, 2.24) is 0 Å². The van der Waals surface area contributed by atoms with Crippen LogP contribution >= 0.6 is 7.82 Å². The molecular formula is C6H17N4O6P. The maximum Gasteiger partial charge on any atom is 0.466 e. The quantitative estimate of drug-likeness (QED) is 0.160. The summed E-state index contributed by atoms with van der Waals surface area (Å²) >= 11 is 0. The van der Waals surface area contributed by atoms with Gasteiger partial charge >= 0.3 is 13.8 Å². The molecular weight excluding hydrogens is 255 g/mol. The van der Waals surface area contributed by atoms with Crippen molar-refractivity contribution in [2.75, 3.05) is 6.52 Å². The van der Waals surface area contributed by atoms with Gasteiger partial charge in [-0.15, -0.1) is 0 Å². The van der Waals surface area contributed by atoms with Crippen molar-refractivity contribution in [2.45, 2.75) is 18.9 Å². The van der Waals surface area contributed by atoms with E-state index in [1.165, 1.54) is 0 Å². The smallest absolute Gasteiger partial charge is 0.466 e. The Morgan fingerprint density at radius 1 is 1.41 bits per heavy atom. The zero-order valence-corrected chi connectivity index (χ0v) is 9.70. The number of aliphatic carboxylic acids is 1. The third-order valence-electron chi connectivity index (χ3n) is 1.16. The van der Waals surface area contributed by atoms with Crippen LogP contribution in [0, 0.1) is 0 Å². The third kappa shape index (κ3) is 25.3. The lowest BCUT2D eigenvalue weighted by Crippen LogP contribution is -2.30. The van der Waals surface area contributed by atoms with Gasteiger partial charge in [-0.05, 0) is 12.8 Å². The van der Waals surface area contributed by atoms with Crippen molar-refractivity contribution in [1.29, 1.82) is 0 Å². The van der Waals surface area contributed by atoms with Crippen molar-refractivity contribution in [3.63, 3.8) is 0 Å². The van der Waals surface area contributed by atoms with Gasteiger partial charge in [0, 0.05) is 6.52 Å². The molecule has 11 heteroatoms. The minimum absolute atomic E-state index is 0.177. The zero-order chi connectivity index (χ0) is 14.9. The summed E-state index contributed by atoms with van der Waals surface area (Å²) in [5, 5.41) is 8.41. The molecule has 0 heterocycles. The molecule has 0 aromatic rings. The molecule has 10 N–H and O–H groups in total. The van der Waals surface area contributed by atoms with E-state index in [2.05, 4.69) is 4.99 Å². The van der Waals surface area contributed by atoms with Crippen LogP contribution in [0.4, 0.5) is 0 Å². The van der Waals surface area contributed by atoms with Gasteiger partial charge in [-0.1, -0.05) is 0 Å². The molecule has 0 aromatic carbocycles. The van der Waals surface area contributed by atoms with E-state index < -0.39 is 26.4 Å². The highest BCUT2D eigenvalue weighted by atomic mass is 31.2. The number of nitrogens with zero attached hydrogens (tertiary/aromatic N) is 1. The van der Waals surface area contributed by atoms with Gasteiger partial charge in [0.25, 0.3) is 0 Å². The van der Waals surface area contributed by atoms with E-state index in [0.717, 1.165) is 0 Å². The van der Waals surface area contributed by atoms with Gasteiger partial charge < -0.3 is 37.0 Å². The van der Waals surface area contributed by atoms with Gasteiger partial charge in [0.1, 0.15) is 6.04 Å². The second kappa shape index (κ2) is 8.90. The number of guanidine groups is 1. The van der Waals surface area contributed by atoms with E-state index in [9.17, 15) is 4.79 Å². The molecule has 0 amide bonds. The molecule has 0 saturated heterocycles. The maximum atomic E-state index is 10.3. The van der Waals surface area contributed by atoms with Crippen molar-refractivity contribution < 1.29 is 30.5 Å². The molecule has 0 aliphatic rings. The Labute approximate surface area is 98.8 Å². The number of hydrogen-bond donors (Lipinski definition) is 7. The van der Waals surface area contributed by atoms with Crippen molar-refractivity contribution in [3.05, 3.63) is 0 Å². The second-order valence-electron chi connectivity index (χ2n) is 2.77. The molecule has 1 unspecified atom stereocenters. The number of phosphoric acid groups is 1. The van der Waals surface area contributed by atoms with Crippen LogP contribution in [-0.2, 0) is 9.36 Å². The van der Waals surface area contributed by atoms with Gasteiger partial charge in [-0.2, -0.15) is 0 Å². The first-order valence-corrected chi connectivity index (χ1v) is 5.77. The Hall–Kier alpha value is -1.19. The summed E-state index contributed by atoms with van der Waals surface area (Å²) in [6.07, 6.45) is 0.408. The largest absolute Gasteiger partial charge is 0.480 e. The molecule has 0 spiro atoms. The van der Waals surface area contributed by atoms with Crippen LogP contribution in [0.25, 0.3) is 0 Å². The standard InChI is InChI=1S/C6H14N4O2.H3O4P/c7-4(5(11)12)2-1-3-10-6(8)9;1-5(2,3)4/h4H,1-3,7H2,(H,11,12)(H4,8,9,10);(H3,1,2,3,4)/t4-;/m0./s1/i3D;/t3?,4-;. The molecule has 2 atom stereocenters. The van der Waals surface area contributed by atoms with E-state index in [1.54, 1.807) is 0 Å². The van der Waals surface area contributed by atoms with Crippen LogP contribution in [0.2, 0.25) is 0 Å². The highest BCUT2D eigenvalue weighted by Crippen LogP contribution is 2.25. The summed E-state index contributed by atoms with van der Waals surface area (Å²) in [6, 6.07) is -0.956.